The third-order valence-electron chi connectivity index (χ3n) is 3.64. The second kappa shape index (κ2) is 8.50. The average Bonchev–Trinajstić information content (AvgIpc) is 2.55. The molecule has 0 aliphatic rings. The highest BCUT2D eigenvalue weighted by molar-refractivity contribution is 6.30. The zero-order valence-electron chi connectivity index (χ0n) is 13.9. The first-order valence-corrected chi connectivity index (χ1v) is 8.30. The molecule has 2 aromatic carbocycles. The van der Waals surface area contributed by atoms with Gasteiger partial charge in [-0.05, 0) is 55.7 Å². The number of amides is 2. The van der Waals surface area contributed by atoms with Gasteiger partial charge in [-0.3, -0.25) is 9.59 Å². The lowest BCUT2D eigenvalue weighted by molar-refractivity contribution is -0.116. The van der Waals surface area contributed by atoms with Gasteiger partial charge in [0.1, 0.15) is 0 Å². The summed E-state index contributed by atoms with van der Waals surface area (Å²) in [6.07, 6.45) is 0.965. The maximum Gasteiger partial charge on any atom is 0.251 e. The fourth-order valence-electron chi connectivity index (χ4n) is 2.32. The third kappa shape index (κ3) is 5.10. The Balaban J connectivity index is 2.00. The number of nitrogens with one attached hydrogen (secondary N) is 2. The highest BCUT2D eigenvalue weighted by Gasteiger charge is 2.10. The van der Waals surface area contributed by atoms with Crippen LogP contribution in [0.1, 0.15) is 34.8 Å². The van der Waals surface area contributed by atoms with Gasteiger partial charge in [-0.15, -0.1) is 0 Å². The number of carbonyl (C=O) groups is 2. The van der Waals surface area contributed by atoms with E-state index in [1.807, 2.05) is 38.1 Å². The Morgan fingerprint density at radius 1 is 1.12 bits per heavy atom. The molecular formula is C19H21ClN2O2. The number of aryl methyl sites for hydroxylation is 2. The quantitative estimate of drug-likeness (QED) is 0.833. The summed E-state index contributed by atoms with van der Waals surface area (Å²) in [5.74, 6) is -0.238. The van der Waals surface area contributed by atoms with Crippen molar-refractivity contribution < 1.29 is 9.59 Å². The van der Waals surface area contributed by atoms with E-state index in [4.69, 9.17) is 11.6 Å². The van der Waals surface area contributed by atoms with Crippen LogP contribution in [-0.4, -0.2) is 18.4 Å². The Kier molecular flexibility index (Phi) is 6.38. The molecule has 0 saturated heterocycles. The summed E-state index contributed by atoms with van der Waals surface area (Å²) >= 11 is 5.95. The number of rotatable bonds is 6. The van der Waals surface area contributed by atoms with Crippen molar-refractivity contribution in [2.24, 2.45) is 0 Å². The molecule has 0 atom stereocenters. The van der Waals surface area contributed by atoms with Gasteiger partial charge in [0.2, 0.25) is 5.91 Å². The number of hydrogen-bond donors (Lipinski definition) is 2. The zero-order chi connectivity index (χ0) is 17.5. The Hall–Kier alpha value is -2.33. The molecule has 24 heavy (non-hydrogen) atoms. The van der Waals surface area contributed by atoms with E-state index in [9.17, 15) is 9.59 Å². The van der Waals surface area contributed by atoms with Crippen molar-refractivity contribution >= 4 is 29.1 Å². The predicted molar refractivity (Wildman–Crippen MR) is 97.6 cm³/mol. The van der Waals surface area contributed by atoms with Gasteiger partial charge in [-0.25, -0.2) is 0 Å². The van der Waals surface area contributed by atoms with Crippen molar-refractivity contribution in [2.45, 2.75) is 26.7 Å². The first-order chi connectivity index (χ1) is 11.5. The van der Waals surface area contributed by atoms with E-state index in [-0.39, 0.29) is 11.8 Å². The molecular weight excluding hydrogens is 324 g/mol. The molecule has 0 spiro atoms. The monoisotopic (exact) mass is 344 g/mol. The minimum absolute atomic E-state index is 0.0916. The largest absolute Gasteiger partial charge is 0.352 e. The molecule has 0 aliphatic heterocycles. The van der Waals surface area contributed by atoms with E-state index in [2.05, 4.69) is 10.6 Å². The van der Waals surface area contributed by atoms with Crippen LogP contribution in [0.3, 0.4) is 0 Å². The molecule has 0 fully saturated rings. The van der Waals surface area contributed by atoms with Crippen LogP contribution in [0.5, 0.6) is 0 Å². The summed E-state index contributed by atoms with van der Waals surface area (Å²) in [4.78, 5) is 24.1. The van der Waals surface area contributed by atoms with Crippen LogP contribution in [0.25, 0.3) is 0 Å². The van der Waals surface area contributed by atoms with Gasteiger partial charge in [-0.1, -0.05) is 29.8 Å². The SMILES string of the molecule is CCNC(=O)c1ccc(C)c(NC(=O)CCc2cccc(Cl)c2)c1. The minimum atomic E-state index is -0.146. The maximum atomic E-state index is 12.2. The van der Waals surface area contributed by atoms with E-state index in [1.165, 1.54) is 0 Å². The molecule has 4 nitrogen and oxygen atoms in total. The average molecular weight is 345 g/mol. The van der Waals surface area contributed by atoms with E-state index in [0.717, 1.165) is 11.1 Å². The fourth-order valence-corrected chi connectivity index (χ4v) is 2.54. The van der Waals surface area contributed by atoms with Gasteiger partial charge in [0, 0.05) is 29.2 Å². The highest BCUT2D eigenvalue weighted by Crippen LogP contribution is 2.18. The Labute approximate surface area is 147 Å². The summed E-state index contributed by atoms with van der Waals surface area (Å²) in [5, 5.41) is 6.30. The number of anilines is 1. The van der Waals surface area contributed by atoms with E-state index in [1.54, 1.807) is 18.2 Å². The molecule has 2 rings (SSSR count). The molecule has 0 aliphatic carbocycles. The summed E-state index contributed by atoms with van der Waals surface area (Å²) in [5.41, 5.74) is 3.13. The molecule has 2 amide bonds. The molecule has 0 radical (unpaired) electrons. The van der Waals surface area contributed by atoms with Gasteiger partial charge in [0.25, 0.3) is 5.91 Å². The second-order valence-corrected chi connectivity index (χ2v) is 6.00. The van der Waals surface area contributed by atoms with Crippen LogP contribution in [-0.2, 0) is 11.2 Å². The predicted octanol–water partition coefficient (Wildman–Crippen LogP) is 3.97. The van der Waals surface area contributed by atoms with Crippen LogP contribution in [0.2, 0.25) is 5.02 Å². The smallest absolute Gasteiger partial charge is 0.251 e. The van der Waals surface area contributed by atoms with Crippen molar-refractivity contribution in [3.8, 4) is 0 Å². The van der Waals surface area contributed by atoms with Crippen LogP contribution < -0.4 is 10.6 Å². The van der Waals surface area contributed by atoms with Crippen molar-refractivity contribution in [1.82, 2.24) is 5.32 Å². The van der Waals surface area contributed by atoms with E-state index >= 15 is 0 Å². The van der Waals surface area contributed by atoms with Crippen molar-refractivity contribution in [3.63, 3.8) is 0 Å². The number of carbonyl (C=O) groups excluding carboxylic acids is 2. The van der Waals surface area contributed by atoms with Gasteiger partial charge in [0.05, 0.1) is 0 Å². The molecule has 2 aromatic rings. The Bertz CT molecular complexity index is 744. The lowest BCUT2D eigenvalue weighted by atomic mass is 10.1. The van der Waals surface area contributed by atoms with Gasteiger partial charge >= 0.3 is 0 Å². The molecule has 126 valence electrons. The zero-order valence-corrected chi connectivity index (χ0v) is 14.6. The molecule has 0 bridgehead atoms. The van der Waals surface area contributed by atoms with Crippen LogP contribution in [0.15, 0.2) is 42.5 Å². The van der Waals surface area contributed by atoms with Gasteiger partial charge in [-0.2, -0.15) is 0 Å². The normalized spacial score (nSPS) is 10.3. The minimum Gasteiger partial charge on any atom is -0.352 e. The van der Waals surface area contributed by atoms with Crippen LogP contribution >= 0.6 is 11.6 Å². The van der Waals surface area contributed by atoms with Gasteiger partial charge < -0.3 is 10.6 Å². The number of hydrogen-bond acceptors (Lipinski definition) is 2. The first kappa shape index (κ1) is 18.0. The highest BCUT2D eigenvalue weighted by atomic mass is 35.5. The summed E-state index contributed by atoms with van der Waals surface area (Å²) < 4.78 is 0. The molecule has 0 heterocycles. The molecule has 0 aromatic heterocycles. The van der Waals surface area contributed by atoms with Crippen molar-refractivity contribution in [2.75, 3.05) is 11.9 Å². The van der Waals surface area contributed by atoms with Crippen molar-refractivity contribution in [1.29, 1.82) is 0 Å². The standard InChI is InChI=1S/C19H21ClN2O2/c1-3-21-19(24)15-9-7-13(2)17(12-15)22-18(23)10-8-14-5-4-6-16(20)11-14/h4-7,9,11-12H,3,8,10H2,1-2H3,(H,21,24)(H,22,23). The second-order valence-electron chi connectivity index (χ2n) is 5.57. The lowest BCUT2D eigenvalue weighted by Crippen LogP contribution is -2.23. The van der Waals surface area contributed by atoms with Gasteiger partial charge in [0.15, 0.2) is 0 Å². The van der Waals surface area contributed by atoms with Crippen LogP contribution in [0.4, 0.5) is 5.69 Å². The Morgan fingerprint density at radius 2 is 1.92 bits per heavy atom. The lowest BCUT2D eigenvalue weighted by Gasteiger charge is -2.11. The molecule has 0 saturated carbocycles. The van der Waals surface area contributed by atoms with Crippen molar-refractivity contribution in [3.05, 3.63) is 64.2 Å². The Morgan fingerprint density at radius 3 is 2.62 bits per heavy atom. The van der Waals surface area contributed by atoms with Crippen LogP contribution in [0, 0.1) is 6.92 Å². The summed E-state index contributed by atoms with van der Waals surface area (Å²) in [7, 11) is 0. The maximum absolute atomic E-state index is 12.2. The molecule has 0 unspecified atom stereocenters. The third-order valence-corrected chi connectivity index (χ3v) is 3.88. The first-order valence-electron chi connectivity index (χ1n) is 7.92. The topological polar surface area (TPSA) is 58.2 Å². The summed E-state index contributed by atoms with van der Waals surface area (Å²) in [6, 6.07) is 12.8. The number of halogens is 1. The van der Waals surface area contributed by atoms with E-state index < -0.39 is 0 Å². The molecule has 5 heteroatoms. The van der Waals surface area contributed by atoms with E-state index in [0.29, 0.717) is 35.7 Å². The summed E-state index contributed by atoms with van der Waals surface area (Å²) in [6.45, 7) is 4.33. The fraction of sp³-hybridized carbons (Fsp3) is 0.263. The molecule has 2 N–H and O–H groups in total. The number of benzene rings is 2.